The van der Waals surface area contributed by atoms with Crippen LogP contribution in [-0.4, -0.2) is 113 Å². The van der Waals surface area contributed by atoms with E-state index in [1.165, 1.54) is 58.9 Å². The van der Waals surface area contributed by atoms with E-state index >= 15 is 17.2 Å². The first-order chi connectivity index (χ1) is 45.6. The van der Waals surface area contributed by atoms with E-state index in [1.807, 2.05) is 45.9 Å². The van der Waals surface area contributed by atoms with Crippen molar-refractivity contribution in [3.8, 4) is 28.2 Å². The van der Waals surface area contributed by atoms with Gasteiger partial charge in [-0.3, -0.25) is 23.5 Å². The number of nitrogens with one attached hydrogen (secondary N) is 3. The lowest BCUT2D eigenvalue weighted by molar-refractivity contribution is -0.126. The number of unbranched alkanes of at least 4 members (excludes halogenated alkanes) is 1. The molecule has 0 saturated carbocycles. The Balaban J connectivity index is 0.784. The van der Waals surface area contributed by atoms with Gasteiger partial charge in [-0.2, -0.15) is 25.7 Å². The number of piperidine rings is 1. The first kappa shape index (κ1) is 67.8. The molecule has 96 heavy (non-hydrogen) atoms. The van der Waals surface area contributed by atoms with E-state index in [4.69, 9.17) is 19.4 Å². The molecule has 5 aliphatic rings. The zero-order valence-corrected chi connectivity index (χ0v) is 54.6. The molecule has 0 radical (unpaired) electrons. The summed E-state index contributed by atoms with van der Waals surface area (Å²) in [7, 11) is -13.2. The third kappa shape index (κ3) is 15.1. The largest absolute Gasteiger partial charge is 0.480 e. The van der Waals surface area contributed by atoms with Crippen molar-refractivity contribution in [3.05, 3.63) is 183 Å². The van der Waals surface area contributed by atoms with E-state index in [0.29, 0.717) is 106 Å². The Kier molecular flexibility index (Phi) is 19.5. The number of amides is 3. The molecule has 1 aliphatic carbocycles. The SMILES string of the molecule is CC(C)(C)OC(=O)NCCCC[C@H](NC(=O)c1cccc(N=[N+]=[N-])c1)C(=O)COc1c(F)cc(CNC(=O)C2CCN(S(=O)(=O)c3ccccc3-c3c4ccc(=[N+]5CCc6cc(S(=O)(=O)O)ccc65)cc-4oc4cc(N5CCc6cc(S(=O)(=O)O)ccc65)ccc34)CC2)cc1F. The first-order valence-corrected chi connectivity index (χ1v) is 35.0. The quantitative estimate of drug-likeness (QED) is 0.00849. The van der Waals surface area contributed by atoms with Crippen LogP contribution in [0.1, 0.15) is 79.9 Å². The molecule has 3 amide bonds. The number of carbonyl (C=O) groups excluding carboxylic acids is 4. The fourth-order valence-corrected chi connectivity index (χ4v) is 15.0. The third-order valence-corrected chi connectivity index (χ3v) is 20.5. The van der Waals surface area contributed by atoms with Gasteiger partial charge in [-0.15, -0.1) is 0 Å². The van der Waals surface area contributed by atoms with Gasteiger partial charge in [0.15, 0.2) is 29.7 Å². The number of azide groups is 1. The third-order valence-electron chi connectivity index (χ3n) is 16.8. The van der Waals surface area contributed by atoms with Gasteiger partial charge < -0.3 is 34.7 Å². The molecule has 24 nitrogen and oxygen atoms in total. The minimum absolute atomic E-state index is 0.0134. The van der Waals surface area contributed by atoms with Gasteiger partial charge in [-0.05, 0) is 155 Å². The van der Waals surface area contributed by atoms with Gasteiger partial charge in [0.1, 0.15) is 23.6 Å². The van der Waals surface area contributed by atoms with Gasteiger partial charge in [0.05, 0.1) is 26.8 Å². The van der Waals surface area contributed by atoms with Crippen LogP contribution in [0.5, 0.6) is 5.75 Å². The lowest BCUT2D eigenvalue weighted by Gasteiger charge is -2.31. The Morgan fingerprint density at radius 2 is 1.50 bits per heavy atom. The van der Waals surface area contributed by atoms with Gasteiger partial charge >= 0.3 is 6.09 Å². The van der Waals surface area contributed by atoms with Crippen LogP contribution in [0.4, 0.5) is 36.3 Å². The normalized spacial score (nSPS) is 15.3. The van der Waals surface area contributed by atoms with Gasteiger partial charge in [-0.25, -0.2) is 22.0 Å². The van der Waals surface area contributed by atoms with Crippen LogP contribution in [0.25, 0.3) is 43.9 Å². The van der Waals surface area contributed by atoms with Crippen molar-refractivity contribution >= 4 is 87.7 Å². The molecule has 0 aromatic heterocycles. The van der Waals surface area contributed by atoms with Gasteiger partial charge in [0.2, 0.25) is 27.0 Å². The summed E-state index contributed by atoms with van der Waals surface area (Å²) in [6.45, 7) is 4.92. The van der Waals surface area contributed by atoms with E-state index < -0.39 is 95.5 Å². The van der Waals surface area contributed by atoms with Crippen LogP contribution in [0.15, 0.2) is 158 Å². The van der Waals surface area contributed by atoms with Crippen molar-refractivity contribution in [1.82, 2.24) is 24.8 Å². The van der Waals surface area contributed by atoms with Crippen molar-refractivity contribution in [2.45, 2.75) is 98.6 Å². The molecule has 1 saturated heterocycles. The summed E-state index contributed by atoms with van der Waals surface area (Å²) in [4.78, 5) is 57.0. The number of benzene rings is 7. The van der Waals surface area contributed by atoms with Crippen molar-refractivity contribution in [2.24, 2.45) is 11.0 Å². The second-order valence-electron chi connectivity index (χ2n) is 24.4. The number of carbonyl (C=O) groups is 4. The van der Waals surface area contributed by atoms with Gasteiger partial charge in [0.25, 0.3) is 26.1 Å². The van der Waals surface area contributed by atoms with E-state index in [2.05, 4.69) is 26.0 Å². The number of ether oxygens (including phenoxy) is 2. The number of anilines is 2. The second-order valence-corrected chi connectivity index (χ2v) is 29.1. The predicted molar refractivity (Wildman–Crippen MR) is 350 cm³/mol. The fourth-order valence-electron chi connectivity index (χ4n) is 12.2. The van der Waals surface area contributed by atoms with Crippen LogP contribution >= 0.6 is 0 Å². The number of fused-ring (bicyclic) bond motifs is 4. The maximum atomic E-state index is 15.7. The number of rotatable bonds is 21. The zero-order valence-electron chi connectivity index (χ0n) is 52.1. The number of nitrogens with zero attached hydrogens (tertiary/aromatic N) is 6. The average molecular weight is 1370 g/mol. The van der Waals surface area contributed by atoms with Crippen LogP contribution < -0.4 is 35.5 Å². The molecule has 4 aliphatic heterocycles. The average Bonchev–Trinajstić information content (AvgIpc) is 0.925. The molecule has 11 rings (SSSR count). The zero-order chi connectivity index (χ0) is 68.4. The van der Waals surface area contributed by atoms with E-state index in [0.717, 1.165) is 12.1 Å². The van der Waals surface area contributed by atoms with Crippen molar-refractivity contribution in [2.75, 3.05) is 44.2 Å². The van der Waals surface area contributed by atoms with E-state index in [1.54, 1.807) is 51.1 Å². The number of hydrogen-bond donors (Lipinski definition) is 5. The highest BCUT2D eigenvalue weighted by Crippen LogP contribution is 2.45. The number of halogens is 2. The summed E-state index contributed by atoms with van der Waals surface area (Å²) in [6, 6.07) is 32.7. The number of Topliss-reactive ketones (excluding diaryl/α,β-unsaturated/α-hetero) is 1. The number of hydrogen-bond acceptors (Lipinski definition) is 15. The van der Waals surface area contributed by atoms with E-state index in [9.17, 15) is 45.1 Å². The van der Waals surface area contributed by atoms with Crippen molar-refractivity contribution in [3.63, 3.8) is 0 Å². The van der Waals surface area contributed by atoms with E-state index in [-0.39, 0.29) is 76.9 Å². The first-order valence-electron chi connectivity index (χ1n) is 30.7. The molecule has 0 spiro atoms. The van der Waals surface area contributed by atoms with Crippen LogP contribution in [-0.2, 0) is 64.0 Å². The lowest BCUT2D eigenvalue weighted by atomic mass is 9.93. The highest BCUT2D eigenvalue weighted by Gasteiger charge is 2.36. The topological polar surface area (TPSA) is 337 Å². The Morgan fingerprint density at radius 3 is 2.22 bits per heavy atom. The molecule has 5 N–H and O–H groups in total. The molecular formula is C67H66F2N9O15S3+. The molecule has 1 atom stereocenters. The molecule has 29 heteroatoms. The maximum Gasteiger partial charge on any atom is 0.407 e. The highest BCUT2D eigenvalue weighted by atomic mass is 32.2. The minimum Gasteiger partial charge on any atom is -0.480 e. The summed E-state index contributed by atoms with van der Waals surface area (Å²) in [6.07, 6.45) is 1.19. The molecule has 0 bridgehead atoms. The molecular weight excluding hydrogens is 1300 g/mol. The minimum atomic E-state index is -4.46. The number of ketones is 1. The molecule has 500 valence electrons. The molecule has 1 fully saturated rings. The Hall–Kier alpha value is -9.61. The lowest BCUT2D eigenvalue weighted by Crippen LogP contribution is -2.43. The Bertz CT molecular complexity index is 4870. The standard InChI is InChI=1S/C67H65F2N9O15S3/c1-67(2,3)93-66(82)71-26-7-6-12-55(73-65(81)44-9-8-10-45(33-44)74-75-70)58(79)39-91-63-53(68)31-40(32-54(63)69)38-72-64(80)41-22-27-76(28-23-41)94(83,84)61-13-5-4-11-52(61)62-50-18-14-46(77-29-24-42-34-48(95(85,86)87)16-20-56(42)77)36-59(50)92-60-37-47(15-19-51(60)62)78-30-25-43-35-49(96(88,89)90)17-21-57(43)78/h4-5,8-11,13-21,31-37,41,55H,6-7,12,22-30,38-39H2,1-3H3,(H4-,71,72,73,80,81,82,85,86,87,88,89,90)/p+1/t55-/m0/s1. The number of sulfonamides is 1. The van der Waals surface area contributed by atoms with Crippen molar-refractivity contribution in [1.29, 1.82) is 0 Å². The van der Waals surface area contributed by atoms with Crippen LogP contribution in [0, 0.1) is 17.6 Å². The Morgan fingerprint density at radius 1 is 0.781 bits per heavy atom. The highest BCUT2D eigenvalue weighted by molar-refractivity contribution is 7.89. The monoisotopic (exact) mass is 1370 g/mol. The smallest absolute Gasteiger partial charge is 0.407 e. The summed E-state index contributed by atoms with van der Waals surface area (Å²) < 4.78 is 150. The molecule has 4 heterocycles. The summed E-state index contributed by atoms with van der Waals surface area (Å²) >= 11 is 0. The summed E-state index contributed by atoms with van der Waals surface area (Å²) in [5.41, 5.74) is 13.7. The van der Waals surface area contributed by atoms with Gasteiger partial charge in [0, 0.05) is 118 Å². The Labute approximate surface area is 551 Å². The maximum absolute atomic E-state index is 15.7. The predicted octanol–water partition coefficient (Wildman–Crippen LogP) is 10.4. The van der Waals surface area contributed by atoms with Gasteiger partial charge in [-0.1, -0.05) is 35.4 Å². The second kappa shape index (κ2) is 27.6. The fraction of sp³-hybridized carbons (Fsp3) is 0.299. The summed E-state index contributed by atoms with van der Waals surface area (Å²) in [5, 5.41) is 12.7. The van der Waals surface area contributed by atoms with Crippen LogP contribution in [0.3, 0.4) is 0 Å². The molecule has 6 aromatic rings. The van der Waals surface area contributed by atoms with Crippen LogP contribution in [0.2, 0.25) is 0 Å². The number of alkyl carbamates (subject to hydrolysis) is 1. The summed E-state index contributed by atoms with van der Waals surface area (Å²) in [5.74, 6) is -5.49. The molecule has 0 unspecified atom stereocenters. The molecule has 6 aromatic carbocycles. The van der Waals surface area contributed by atoms with Crippen molar-refractivity contribution < 1.29 is 76.2 Å².